The van der Waals surface area contributed by atoms with E-state index in [0.717, 1.165) is 12.5 Å². The highest BCUT2D eigenvalue weighted by Gasteiger charge is 2.14. The Morgan fingerprint density at radius 1 is 1.33 bits per heavy atom. The van der Waals surface area contributed by atoms with Crippen LogP contribution in [0.5, 0.6) is 0 Å². The maximum absolute atomic E-state index is 8.66. The smallest absolute Gasteiger partial charge is 0.156 e. The lowest BCUT2D eigenvalue weighted by Crippen LogP contribution is -2.36. The Labute approximate surface area is 92.5 Å². The molecule has 15 heavy (non-hydrogen) atoms. The summed E-state index contributed by atoms with van der Waals surface area (Å²) in [5, 5.41) is 24.8. The van der Waals surface area contributed by atoms with E-state index in [4.69, 9.17) is 15.3 Å². The summed E-state index contributed by atoms with van der Waals surface area (Å²) in [5.74, 6) is -0.666. The van der Waals surface area contributed by atoms with E-state index in [1.165, 1.54) is 39.8 Å². The SMILES string of the molecule is CC(C)(O)O.CC1CCCN(CCO)C1. The molecule has 1 atom stereocenters. The van der Waals surface area contributed by atoms with Crippen molar-refractivity contribution in [2.45, 2.75) is 39.4 Å². The molecule has 1 saturated heterocycles. The summed E-state index contributed by atoms with van der Waals surface area (Å²) >= 11 is 0. The van der Waals surface area contributed by atoms with Crippen LogP contribution in [0.1, 0.15) is 33.6 Å². The van der Waals surface area contributed by atoms with Crippen molar-refractivity contribution < 1.29 is 15.3 Å². The number of piperidine rings is 1. The van der Waals surface area contributed by atoms with Gasteiger partial charge in [-0.3, -0.25) is 0 Å². The summed E-state index contributed by atoms with van der Waals surface area (Å²) in [4.78, 5) is 2.34. The quantitative estimate of drug-likeness (QED) is 0.589. The van der Waals surface area contributed by atoms with Crippen LogP contribution in [-0.4, -0.2) is 52.2 Å². The second-order valence-electron chi connectivity index (χ2n) is 4.77. The molecule has 0 spiro atoms. The summed E-state index contributed by atoms with van der Waals surface area (Å²) in [6.45, 7) is 8.42. The number of β-amino-alcohol motifs (C(OH)–C–C–N with tert-alkyl or cyclic N) is 1. The zero-order valence-corrected chi connectivity index (χ0v) is 10.1. The highest BCUT2D eigenvalue weighted by atomic mass is 16.5. The molecule has 92 valence electrons. The Morgan fingerprint density at radius 2 is 1.87 bits per heavy atom. The third-order valence-corrected chi connectivity index (χ3v) is 2.16. The third kappa shape index (κ3) is 11.8. The molecule has 3 N–H and O–H groups in total. The van der Waals surface area contributed by atoms with Crippen molar-refractivity contribution in [3.05, 3.63) is 0 Å². The first-order chi connectivity index (χ1) is 6.83. The summed E-state index contributed by atoms with van der Waals surface area (Å²) in [6, 6.07) is 0. The zero-order chi connectivity index (χ0) is 11.9. The van der Waals surface area contributed by atoms with Gasteiger partial charge in [0.25, 0.3) is 0 Å². The minimum atomic E-state index is -1.50. The second kappa shape index (κ2) is 7.17. The van der Waals surface area contributed by atoms with Gasteiger partial charge in [0, 0.05) is 13.1 Å². The third-order valence-electron chi connectivity index (χ3n) is 2.16. The van der Waals surface area contributed by atoms with Gasteiger partial charge in [0.2, 0.25) is 0 Å². The lowest BCUT2D eigenvalue weighted by Gasteiger charge is -2.29. The number of hydrogen-bond acceptors (Lipinski definition) is 4. The molecule has 0 aromatic rings. The topological polar surface area (TPSA) is 63.9 Å². The monoisotopic (exact) mass is 219 g/mol. The molecule has 0 amide bonds. The predicted molar refractivity (Wildman–Crippen MR) is 60.4 cm³/mol. The van der Waals surface area contributed by atoms with Crippen LogP contribution in [0.25, 0.3) is 0 Å². The van der Waals surface area contributed by atoms with Gasteiger partial charge in [-0.05, 0) is 39.2 Å². The van der Waals surface area contributed by atoms with Crippen molar-refractivity contribution in [1.82, 2.24) is 4.90 Å². The molecule has 4 heteroatoms. The first-order valence-electron chi connectivity index (χ1n) is 5.61. The van der Waals surface area contributed by atoms with Gasteiger partial charge < -0.3 is 20.2 Å². The first-order valence-corrected chi connectivity index (χ1v) is 5.61. The highest BCUT2D eigenvalue weighted by molar-refractivity contribution is 4.68. The summed E-state index contributed by atoms with van der Waals surface area (Å²) in [6.07, 6.45) is 2.67. The van der Waals surface area contributed by atoms with E-state index in [-0.39, 0.29) is 0 Å². The van der Waals surface area contributed by atoms with Gasteiger partial charge in [0.15, 0.2) is 5.79 Å². The second-order valence-corrected chi connectivity index (χ2v) is 4.77. The minimum Gasteiger partial charge on any atom is -0.395 e. The van der Waals surface area contributed by atoms with E-state index in [2.05, 4.69) is 11.8 Å². The zero-order valence-electron chi connectivity index (χ0n) is 10.1. The molecule has 1 rings (SSSR count). The number of likely N-dealkylation sites (tertiary alicyclic amines) is 1. The lowest BCUT2D eigenvalue weighted by atomic mass is 10.0. The van der Waals surface area contributed by atoms with Crippen LogP contribution in [0.15, 0.2) is 0 Å². The molecular formula is C11H25NO3. The molecule has 1 fully saturated rings. The average molecular weight is 219 g/mol. The molecular weight excluding hydrogens is 194 g/mol. The highest BCUT2D eigenvalue weighted by Crippen LogP contribution is 2.14. The molecule has 0 bridgehead atoms. The van der Waals surface area contributed by atoms with Crippen molar-refractivity contribution >= 4 is 0 Å². The van der Waals surface area contributed by atoms with Gasteiger partial charge in [-0.25, -0.2) is 0 Å². The van der Waals surface area contributed by atoms with E-state index < -0.39 is 5.79 Å². The number of aliphatic hydroxyl groups excluding tert-OH is 1. The maximum atomic E-state index is 8.66. The number of hydrogen-bond donors (Lipinski definition) is 3. The Bertz CT molecular complexity index is 148. The van der Waals surface area contributed by atoms with Crippen molar-refractivity contribution in [2.75, 3.05) is 26.2 Å². The maximum Gasteiger partial charge on any atom is 0.156 e. The van der Waals surface area contributed by atoms with Gasteiger partial charge in [0.05, 0.1) is 6.61 Å². The molecule has 0 aliphatic carbocycles. The molecule has 0 saturated carbocycles. The Hall–Kier alpha value is -0.160. The van der Waals surface area contributed by atoms with Crippen LogP contribution in [0.4, 0.5) is 0 Å². The van der Waals surface area contributed by atoms with Crippen LogP contribution < -0.4 is 0 Å². The van der Waals surface area contributed by atoms with Crippen LogP contribution in [0, 0.1) is 5.92 Å². The normalized spacial score (nSPS) is 23.2. The Morgan fingerprint density at radius 3 is 2.27 bits per heavy atom. The van der Waals surface area contributed by atoms with E-state index in [9.17, 15) is 0 Å². The number of aliphatic hydroxyl groups is 3. The van der Waals surface area contributed by atoms with E-state index >= 15 is 0 Å². The lowest BCUT2D eigenvalue weighted by molar-refractivity contribution is -0.127. The minimum absolute atomic E-state index is 0.312. The first kappa shape index (κ1) is 14.8. The van der Waals surface area contributed by atoms with Gasteiger partial charge in [-0.2, -0.15) is 0 Å². The molecule has 4 nitrogen and oxygen atoms in total. The Balaban J connectivity index is 0.000000336. The standard InChI is InChI=1S/C8H17NO.C3H8O2/c1-8-3-2-4-9(7-8)5-6-10;1-3(2,4)5/h8,10H,2-7H2,1H3;4-5H,1-2H3. The van der Waals surface area contributed by atoms with Crippen LogP contribution in [0.2, 0.25) is 0 Å². The summed E-state index contributed by atoms with van der Waals surface area (Å²) in [5.41, 5.74) is 0. The van der Waals surface area contributed by atoms with Crippen LogP contribution in [-0.2, 0) is 0 Å². The molecule has 1 unspecified atom stereocenters. The summed E-state index contributed by atoms with van der Waals surface area (Å²) < 4.78 is 0. The van der Waals surface area contributed by atoms with E-state index in [0.29, 0.717) is 6.61 Å². The fourth-order valence-corrected chi connectivity index (χ4v) is 1.63. The van der Waals surface area contributed by atoms with Crippen molar-refractivity contribution in [1.29, 1.82) is 0 Å². The molecule has 0 aromatic heterocycles. The van der Waals surface area contributed by atoms with Crippen molar-refractivity contribution in [3.63, 3.8) is 0 Å². The fourth-order valence-electron chi connectivity index (χ4n) is 1.63. The largest absolute Gasteiger partial charge is 0.395 e. The van der Waals surface area contributed by atoms with Gasteiger partial charge in [-0.15, -0.1) is 0 Å². The van der Waals surface area contributed by atoms with Crippen molar-refractivity contribution in [2.24, 2.45) is 5.92 Å². The predicted octanol–water partition coefficient (Wildman–Crippen LogP) is 0.418. The Kier molecular flexibility index (Phi) is 7.09. The van der Waals surface area contributed by atoms with Gasteiger partial charge in [0.1, 0.15) is 0 Å². The fraction of sp³-hybridized carbons (Fsp3) is 1.00. The average Bonchev–Trinajstić information content (AvgIpc) is 2.01. The number of nitrogens with zero attached hydrogens (tertiary/aromatic N) is 1. The molecule has 1 aliphatic rings. The van der Waals surface area contributed by atoms with E-state index in [1.807, 2.05) is 0 Å². The van der Waals surface area contributed by atoms with E-state index in [1.54, 1.807) is 0 Å². The summed E-state index contributed by atoms with van der Waals surface area (Å²) in [7, 11) is 0. The molecule has 0 radical (unpaired) electrons. The molecule has 0 aromatic carbocycles. The van der Waals surface area contributed by atoms with Gasteiger partial charge >= 0.3 is 0 Å². The van der Waals surface area contributed by atoms with Crippen LogP contribution >= 0.6 is 0 Å². The molecule has 1 aliphatic heterocycles. The van der Waals surface area contributed by atoms with Gasteiger partial charge in [-0.1, -0.05) is 6.92 Å². The van der Waals surface area contributed by atoms with Crippen molar-refractivity contribution in [3.8, 4) is 0 Å². The number of rotatable bonds is 2. The van der Waals surface area contributed by atoms with Crippen LogP contribution in [0.3, 0.4) is 0 Å². The molecule has 1 heterocycles.